The van der Waals surface area contributed by atoms with Crippen LogP contribution in [-0.2, 0) is 28.9 Å². The number of amides is 1. The molecule has 0 spiro atoms. The molecule has 0 bridgehead atoms. The second-order valence-corrected chi connectivity index (χ2v) is 15.4. The first kappa shape index (κ1) is 41.8. The zero-order valence-corrected chi connectivity index (χ0v) is 33.7. The van der Waals surface area contributed by atoms with Crippen molar-refractivity contribution >= 4 is 14.9 Å². The number of aromatic nitrogens is 2. The van der Waals surface area contributed by atoms with E-state index in [9.17, 15) is 14.4 Å². The third kappa shape index (κ3) is 9.72. The summed E-state index contributed by atoms with van der Waals surface area (Å²) in [6, 6.07) is 25.6. The van der Waals surface area contributed by atoms with E-state index in [4.69, 9.17) is 28.0 Å². The van der Waals surface area contributed by atoms with Crippen LogP contribution in [0.15, 0.2) is 94.6 Å². The van der Waals surface area contributed by atoms with Gasteiger partial charge in [0.05, 0.1) is 33.5 Å². The van der Waals surface area contributed by atoms with Gasteiger partial charge in [0.1, 0.15) is 29.4 Å². The molecular formula is C41H53N4O9P. The summed E-state index contributed by atoms with van der Waals surface area (Å²) in [7, 11) is 3.26. The number of ether oxygens (including phenoxy) is 4. The number of aryl methyl sites for hydroxylation is 1. The number of likely N-dealkylation sites (N-methyl/N-ethyl adjacent to an activating group) is 1. The lowest BCUT2D eigenvalue weighted by molar-refractivity contribution is -0.117. The number of benzene rings is 3. The van der Waals surface area contributed by atoms with Crippen LogP contribution in [0, 0.1) is 6.92 Å². The Balaban J connectivity index is 1.59. The van der Waals surface area contributed by atoms with E-state index in [0.29, 0.717) is 23.6 Å². The Hall–Kier alpha value is -4.36. The number of H-pyrrole nitrogens is 1. The molecule has 4 atom stereocenters. The molecule has 1 aliphatic heterocycles. The maximum Gasteiger partial charge on any atom is 0.330 e. The summed E-state index contributed by atoms with van der Waals surface area (Å²) in [5.74, 6) is 1.40. The highest BCUT2D eigenvalue weighted by atomic mass is 31.2. The number of hydrogen-bond donors (Lipinski definition) is 1. The highest BCUT2D eigenvalue weighted by molar-refractivity contribution is 7.44. The molecule has 1 fully saturated rings. The zero-order valence-electron chi connectivity index (χ0n) is 32.8. The Morgan fingerprint density at radius 1 is 0.909 bits per heavy atom. The summed E-state index contributed by atoms with van der Waals surface area (Å²) >= 11 is 0. The Bertz CT molecular complexity index is 1880. The van der Waals surface area contributed by atoms with Crippen molar-refractivity contribution in [3.8, 4) is 11.5 Å². The fourth-order valence-electron chi connectivity index (χ4n) is 6.77. The summed E-state index contributed by atoms with van der Waals surface area (Å²) in [4.78, 5) is 40.8. The zero-order chi connectivity index (χ0) is 39.7. The molecule has 0 saturated carbocycles. The van der Waals surface area contributed by atoms with Gasteiger partial charge in [-0.1, -0.05) is 54.6 Å². The van der Waals surface area contributed by atoms with Crippen LogP contribution in [0.2, 0.25) is 0 Å². The maximum atomic E-state index is 13.2. The molecule has 1 aliphatic rings. The standard InChI is InChI=1S/C41H53N4O9P/c1-28(2)45(29(3)4)55(52-23-22-43(6)27-46)54-36-24-38(44-25-30(5)39(47)42-40(44)48)53-37(36)26-51-41(31-12-10-9-11-13-31,32-14-18-34(49-7)19-15-32)33-16-20-35(50-8)21-17-33/h9-21,25,27-29,36-38H,22-24,26H2,1-8H3,(H,42,47,48)/t36-,37+,38+,55?/m0/s1. The molecule has 3 aromatic carbocycles. The molecule has 13 nitrogen and oxygen atoms in total. The number of rotatable bonds is 19. The minimum Gasteiger partial charge on any atom is -0.497 e. The SMILES string of the molecule is COc1ccc(C(OC[C@H]2O[C@@H](n3cc(C)c(=O)[nH]c3=O)C[C@@H]2OP(OCCN(C)C=O)N(C(C)C)C(C)C)(c2ccccc2)c2ccc(OC)cc2)cc1. The molecule has 296 valence electrons. The van der Waals surface area contributed by atoms with Crippen LogP contribution >= 0.6 is 8.53 Å². The van der Waals surface area contributed by atoms with Crippen LogP contribution in [0.1, 0.15) is 62.6 Å². The fraction of sp³-hybridized carbons (Fsp3) is 0.439. The van der Waals surface area contributed by atoms with Gasteiger partial charge in [0, 0.05) is 43.9 Å². The van der Waals surface area contributed by atoms with Crippen molar-refractivity contribution in [2.45, 2.75) is 77.2 Å². The van der Waals surface area contributed by atoms with Crippen molar-refractivity contribution in [1.29, 1.82) is 0 Å². The molecular weight excluding hydrogens is 723 g/mol. The number of nitrogens with zero attached hydrogens (tertiary/aromatic N) is 3. The molecule has 1 unspecified atom stereocenters. The lowest BCUT2D eigenvalue weighted by atomic mass is 9.80. The predicted octanol–water partition coefficient (Wildman–Crippen LogP) is 5.99. The summed E-state index contributed by atoms with van der Waals surface area (Å²) in [6.07, 6.45) is 0.447. The first-order valence-corrected chi connectivity index (χ1v) is 19.5. The fourth-order valence-corrected chi connectivity index (χ4v) is 8.52. The molecule has 1 amide bonds. The smallest absolute Gasteiger partial charge is 0.330 e. The summed E-state index contributed by atoms with van der Waals surface area (Å²) in [6.45, 7) is 10.6. The highest BCUT2D eigenvalue weighted by Crippen LogP contribution is 2.50. The van der Waals surface area contributed by atoms with Crippen molar-refractivity contribution in [1.82, 2.24) is 19.1 Å². The highest BCUT2D eigenvalue weighted by Gasteiger charge is 2.45. The van der Waals surface area contributed by atoms with E-state index in [1.54, 1.807) is 28.2 Å². The predicted molar refractivity (Wildman–Crippen MR) is 211 cm³/mol. The number of carbonyl (C=O) groups is 1. The molecule has 1 aromatic heterocycles. The van der Waals surface area contributed by atoms with Crippen LogP contribution in [0.25, 0.3) is 0 Å². The molecule has 2 heterocycles. The number of aromatic amines is 1. The normalized spacial score (nSPS) is 17.8. The van der Waals surface area contributed by atoms with E-state index in [0.717, 1.165) is 23.1 Å². The molecule has 14 heteroatoms. The third-order valence-electron chi connectivity index (χ3n) is 9.57. The van der Waals surface area contributed by atoms with E-state index in [-0.39, 0.29) is 31.7 Å². The number of hydrogen-bond acceptors (Lipinski definition) is 10. The largest absolute Gasteiger partial charge is 0.497 e. The van der Waals surface area contributed by atoms with Crippen molar-refractivity contribution in [3.63, 3.8) is 0 Å². The van der Waals surface area contributed by atoms with E-state index in [2.05, 4.69) is 37.3 Å². The minimum atomic E-state index is -1.68. The molecule has 5 rings (SSSR count). The lowest BCUT2D eigenvalue weighted by Crippen LogP contribution is -2.40. The third-order valence-corrected chi connectivity index (χ3v) is 11.7. The molecule has 1 saturated heterocycles. The number of methoxy groups -OCH3 is 2. The van der Waals surface area contributed by atoms with Gasteiger partial charge in [-0.2, -0.15) is 0 Å². The number of carbonyl (C=O) groups excluding carboxylic acids is 1. The molecule has 55 heavy (non-hydrogen) atoms. The Morgan fingerprint density at radius 2 is 1.47 bits per heavy atom. The first-order valence-electron chi connectivity index (χ1n) is 18.4. The van der Waals surface area contributed by atoms with Crippen LogP contribution < -0.4 is 20.7 Å². The second-order valence-electron chi connectivity index (χ2n) is 14.0. The average Bonchev–Trinajstić information content (AvgIpc) is 3.58. The van der Waals surface area contributed by atoms with E-state index < -0.39 is 43.8 Å². The van der Waals surface area contributed by atoms with E-state index in [1.165, 1.54) is 15.7 Å². The first-order chi connectivity index (χ1) is 26.4. The Morgan fingerprint density at radius 3 is 2.00 bits per heavy atom. The summed E-state index contributed by atoms with van der Waals surface area (Å²) in [5.41, 5.74) is 0.760. The van der Waals surface area contributed by atoms with Gasteiger partial charge in [0.2, 0.25) is 6.41 Å². The Labute approximate surface area is 324 Å². The molecule has 4 aromatic rings. The molecule has 0 radical (unpaired) electrons. The summed E-state index contributed by atoms with van der Waals surface area (Å²) in [5, 5.41) is 0. The van der Waals surface area contributed by atoms with Gasteiger partial charge < -0.3 is 32.9 Å². The van der Waals surface area contributed by atoms with Gasteiger partial charge in [0.25, 0.3) is 14.1 Å². The van der Waals surface area contributed by atoms with E-state index >= 15 is 0 Å². The maximum absolute atomic E-state index is 13.2. The average molecular weight is 777 g/mol. The second kappa shape index (κ2) is 19.0. The van der Waals surface area contributed by atoms with Gasteiger partial charge in [0.15, 0.2) is 0 Å². The minimum absolute atomic E-state index is 0.0333. The van der Waals surface area contributed by atoms with Gasteiger partial charge >= 0.3 is 5.69 Å². The number of nitrogens with one attached hydrogen (secondary N) is 1. The van der Waals surface area contributed by atoms with Crippen LogP contribution in [-0.4, -0.2) is 90.8 Å². The van der Waals surface area contributed by atoms with Crippen molar-refractivity contribution < 1.29 is 32.8 Å². The quantitative estimate of drug-likeness (QED) is 0.0688. The molecule has 1 N–H and O–H groups in total. The lowest BCUT2D eigenvalue weighted by Gasteiger charge is -2.39. The van der Waals surface area contributed by atoms with Gasteiger partial charge in [-0.3, -0.25) is 19.1 Å². The van der Waals surface area contributed by atoms with Gasteiger partial charge in [-0.15, -0.1) is 0 Å². The van der Waals surface area contributed by atoms with Crippen LogP contribution in [0.4, 0.5) is 0 Å². The monoisotopic (exact) mass is 776 g/mol. The van der Waals surface area contributed by atoms with Gasteiger partial charge in [-0.25, -0.2) is 9.46 Å². The van der Waals surface area contributed by atoms with E-state index in [1.807, 2.05) is 78.9 Å². The van der Waals surface area contributed by atoms with Crippen molar-refractivity contribution in [3.05, 3.63) is 128 Å². The Kier molecular flexibility index (Phi) is 14.4. The molecule has 0 aliphatic carbocycles. The van der Waals surface area contributed by atoms with Gasteiger partial charge in [-0.05, 0) is 75.6 Å². The van der Waals surface area contributed by atoms with Crippen molar-refractivity contribution in [2.24, 2.45) is 0 Å². The van der Waals surface area contributed by atoms with Crippen LogP contribution in [0.3, 0.4) is 0 Å². The van der Waals surface area contributed by atoms with Crippen LogP contribution in [0.5, 0.6) is 11.5 Å². The topological polar surface area (TPSA) is 134 Å². The summed E-state index contributed by atoms with van der Waals surface area (Å²) < 4.78 is 41.9. The van der Waals surface area contributed by atoms with Crippen molar-refractivity contribution in [2.75, 3.05) is 41.0 Å².